The monoisotopic (exact) mass is 356 g/mol. The molecule has 0 aliphatic rings. The van der Waals surface area contributed by atoms with E-state index in [1.54, 1.807) is 12.1 Å². The van der Waals surface area contributed by atoms with Gasteiger partial charge in [-0.15, -0.1) is 0 Å². The van der Waals surface area contributed by atoms with Gasteiger partial charge in [0.25, 0.3) is 0 Å². The number of aryl methyl sites for hydroxylation is 1. The first-order valence-electron chi connectivity index (χ1n) is 8.61. The molecule has 0 aliphatic carbocycles. The first kappa shape index (κ1) is 20.6. The molecule has 0 bridgehead atoms. The van der Waals surface area contributed by atoms with Crippen molar-refractivity contribution in [3.05, 3.63) is 35.4 Å². The Morgan fingerprint density at radius 3 is 2.25 bits per heavy atom. The maximum absolute atomic E-state index is 12.2. The Morgan fingerprint density at radius 1 is 1.08 bits per heavy atom. The summed E-state index contributed by atoms with van der Waals surface area (Å²) in [6.45, 7) is 4.04. The van der Waals surface area contributed by atoms with Gasteiger partial charge in [-0.3, -0.25) is 9.35 Å². The molecule has 6 heteroatoms. The van der Waals surface area contributed by atoms with E-state index in [4.69, 9.17) is 4.55 Å². The van der Waals surface area contributed by atoms with Gasteiger partial charge in [0.2, 0.25) is 0 Å². The maximum atomic E-state index is 12.2. The third kappa shape index (κ3) is 7.93. The lowest BCUT2D eigenvalue weighted by Gasteiger charge is -2.17. The topological polar surface area (TPSA) is 80.7 Å². The number of carbonyl (C=O) groups is 1. The number of carbonyl (C=O) groups excluding carboxylic acids is 1. The summed E-state index contributed by atoms with van der Waals surface area (Å²) in [7, 11) is -4.78. The molecule has 0 saturated heterocycles. The Balaban J connectivity index is 2.66. The van der Waals surface area contributed by atoms with Crippen LogP contribution in [0.2, 0.25) is 0 Å². The average Bonchev–Trinajstić information content (AvgIpc) is 2.49. The van der Waals surface area contributed by atoms with Crippen LogP contribution in [0.15, 0.2) is 24.3 Å². The molecule has 0 fully saturated rings. The van der Waals surface area contributed by atoms with E-state index in [0.29, 0.717) is 6.42 Å². The molecule has 136 valence electrons. The molecule has 0 amide bonds. The summed E-state index contributed by atoms with van der Waals surface area (Å²) in [4.78, 5) is 12.2. The van der Waals surface area contributed by atoms with E-state index in [2.05, 4.69) is 11.1 Å². The zero-order valence-electron chi connectivity index (χ0n) is 14.5. The van der Waals surface area contributed by atoms with Crippen LogP contribution in [0.4, 0.5) is 0 Å². The van der Waals surface area contributed by atoms with Crippen LogP contribution in [0.5, 0.6) is 0 Å². The number of rotatable bonds is 11. The van der Waals surface area contributed by atoms with Gasteiger partial charge in [0, 0.05) is 0 Å². The fourth-order valence-corrected chi connectivity index (χ4v) is 3.17. The smallest absolute Gasteiger partial charge is 0.324 e. The summed E-state index contributed by atoms with van der Waals surface area (Å²) < 4.78 is 34.7. The van der Waals surface area contributed by atoms with Crippen LogP contribution in [-0.2, 0) is 19.4 Å². The maximum Gasteiger partial charge on any atom is 0.448 e. The van der Waals surface area contributed by atoms with Crippen molar-refractivity contribution >= 4 is 16.4 Å². The van der Waals surface area contributed by atoms with Crippen molar-refractivity contribution in [1.29, 1.82) is 0 Å². The average molecular weight is 356 g/mol. The first-order valence-corrected chi connectivity index (χ1v) is 9.98. The number of benzene rings is 1. The molecule has 0 spiro atoms. The van der Waals surface area contributed by atoms with E-state index in [1.165, 1.54) is 25.7 Å². The number of hydrogen-bond donors (Lipinski definition) is 1. The fourth-order valence-electron chi connectivity index (χ4n) is 2.85. The van der Waals surface area contributed by atoms with E-state index in [9.17, 15) is 13.2 Å². The van der Waals surface area contributed by atoms with Crippen molar-refractivity contribution in [1.82, 2.24) is 0 Å². The minimum Gasteiger partial charge on any atom is -0.324 e. The second-order valence-electron chi connectivity index (χ2n) is 6.15. The molecule has 1 aromatic carbocycles. The summed E-state index contributed by atoms with van der Waals surface area (Å²) in [5.41, 5.74) is 1.65. The van der Waals surface area contributed by atoms with Gasteiger partial charge >= 0.3 is 16.4 Å². The summed E-state index contributed by atoms with van der Waals surface area (Å²) >= 11 is 0. The van der Waals surface area contributed by atoms with Gasteiger partial charge in [-0.25, -0.2) is 0 Å². The summed E-state index contributed by atoms with van der Waals surface area (Å²) in [5, 5.41) is 0. The highest BCUT2D eigenvalue weighted by Gasteiger charge is 2.27. The lowest BCUT2D eigenvalue weighted by molar-refractivity contribution is -0.136. The van der Waals surface area contributed by atoms with Crippen LogP contribution in [0, 0.1) is 6.92 Å². The third-order valence-electron chi connectivity index (χ3n) is 4.13. The zero-order chi connectivity index (χ0) is 18.0. The molecule has 0 aromatic heterocycles. The molecule has 5 nitrogen and oxygen atoms in total. The summed E-state index contributed by atoms with van der Waals surface area (Å²) in [6.07, 6.45) is 8.27. The molecular weight excluding hydrogens is 328 g/mol. The van der Waals surface area contributed by atoms with Crippen LogP contribution in [-0.4, -0.2) is 18.9 Å². The summed E-state index contributed by atoms with van der Waals surface area (Å²) in [6, 6.07) is 7.33. The molecular formula is C18H28O5S. The molecule has 1 N–H and O–H groups in total. The largest absolute Gasteiger partial charge is 0.448 e. The summed E-state index contributed by atoms with van der Waals surface area (Å²) in [5.74, 6) is -1.60. The van der Waals surface area contributed by atoms with Crippen LogP contribution < -0.4 is 0 Å². The lowest BCUT2D eigenvalue weighted by atomic mass is 9.90. The Hall–Kier alpha value is -1.40. The molecule has 0 heterocycles. The van der Waals surface area contributed by atoms with Gasteiger partial charge in [-0.05, 0) is 24.5 Å². The van der Waals surface area contributed by atoms with Crippen molar-refractivity contribution < 1.29 is 21.9 Å². The Kier molecular flexibility index (Phi) is 9.00. The Bertz CT molecular complexity index is 610. The molecule has 0 radical (unpaired) electrons. The quantitative estimate of drug-likeness (QED) is 0.464. The van der Waals surface area contributed by atoms with E-state index in [1.807, 2.05) is 19.1 Å². The van der Waals surface area contributed by atoms with E-state index >= 15 is 0 Å². The fraction of sp³-hybridized carbons (Fsp3) is 0.611. The van der Waals surface area contributed by atoms with E-state index < -0.39 is 22.3 Å². The van der Waals surface area contributed by atoms with Crippen molar-refractivity contribution in [3.8, 4) is 0 Å². The Morgan fingerprint density at radius 2 is 1.67 bits per heavy atom. The highest BCUT2D eigenvalue weighted by Crippen LogP contribution is 2.27. The molecule has 1 rings (SSSR count). The second kappa shape index (κ2) is 10.5. The van der Waals surface area contributed by atoms with E-state index in [-0.39, 0.29) is 0 Å². The van der Waals surface area contributed by atoms with Crippen molar-refractivity contribution in [3.63, 3.8) is 0 Å². The molecule has 1 unspecified atom stereocenters. The SMILES string of the molecule is CCCCCCCCCC(C(=O)OS(=O)(=O)O)c1ccccc1C. The highest BCUT2D eigenvalue weighted by molar-refractivity contribution is 7.81. The molecule has 1 atom stereocenters. The Labute approximate surface area is 145 Å². The molecule has 1 aromatic rings. The highest BCUT2D eigenvalue weighted by atomic mass is 32.3. The van der Waals surface area contributed by atoms with Gasteiger partial charge in [0.05, 0.1) is 5.92 Å². The molecule has 0 saturated carbocycles. The third-order valence-corrected chi connectivity index (χ3v) is 4.51. The lowest BCUT2D eigenvalue weighted by Crippen LogP contribution is -2.20. The second-order valence-corrected chi connectivity index (χ2v) is 7.17. The minimum absolute atomic E-state index is 0.507. The predicted octanol–water partition coefficient (Wildman–Crippen LogP) is 4.57. The molecule has 24 heavy (non-hydrogen) atoms. The van der Waals surface area contributed by atoms with Gasteiger partial charge < -0.3 is 4.18 Å². The first-order chi connectivity index (χ1) is 11.3. The van der Waals surface area contributed by atoms with Crippen molar-refractivity contribution in [2.24, 2.45) is 0 Å². The number of unbranched alkanes of at least 4 members (excludes halogenated alkanes) is 6. The van der Waals surface area contributed by atoms with Crippen LogP contribution >= 0.6 is 0 Å². The van der Waals surface area contributed by atoms with Gasteiger partial charge in [0.1, 0.15) is 0 Å². The van der Waals surface area contributed by atoms with E-state index in [0.717, 1.165) is 30.4 Å². The molecule has 0 aliphatic heterocycles. The van der Waals surface area contributed by atoms with Gasteiger partial charge in [-0.1, -0.05) is 76.1 Å². The van der Waals surface area contributed by atoms with Crippen molar-refractivity contribution in [2.45, 2.75) is 71.1 Å². The zero-order valence-corrected chi connectivity index (χ0v) is 15.3. The van der Waals surface area contributed by atoms with Crippen molar-refractivity contribution in [2.75, 3.05) is 0 Å². The predicted molar refractivity (Wildman–Crippen MR) is 94.2 cm³/mol. The number of hydrogen-bond acceptors (Lipinski definition) is 4. The van der Waals surface area contributed by atoms with Crippen LogP contribution in [0.3, 0.4) is 0 Å². The standard InChI is InChI=1S/C18H28O5S/c1-3-4-5-6-7-8-9-14-17(18(19)23-24(20,21)22)16-13-11-10-12-15(16)2/h10-13,17H,3-9,14H2,1-2H3,(H,20,21,22). The van der Waals surface area contributed by atoms with Gasteiger partial charge in [0.15, 0.2) is 0 Å². The van der Waals surface area contributed by atoms with Crippen LogP contribution in [0.1, 0.15) is 75.3 Å². The normalized spacial score (nSPS) is 12.8. The minimum atomic E-state index is -4.78. The van der Waals surface area contributed by atoms with Crippen LogP contribution in [0.25, 0.3) is 0 Å². The van der Waals surface area contributed by atoms with Gasteiger partial charge in [-0.2, -0.15) is 8.42 Å².